The molecule has 1 aromatic carbocycles. The van der Waals surface area contributed by atoms with Crippen LogP contribution in [0.15, 0.2) is 30.6 Å². The van der Waals surface area contributed by atoms with Crippen LogP contribution in [0.5, 0.6) is 0 Å². The number of hydrogen-bond donors (Lipinski definition) is 2. The number of amides is 3. The van der Waals surface area contributed by atoms with Gasteiger partial charge in [-0.25, -0.2) is 22.5 Å². The first-order valence-corrected chi connectivity index (χ1v) is 14.5. The highest BCUT2D eigenvalue weighted by atomic mass is 35.5. The number of hydrogen-bond acceptors (Lipinski definition) is 6. The zero-order valence-electron chi connectivity index (χ0n) is 23.5. The highest BCUT2D eigenvalue weighted by Crippen LogP contribution is 2.49. The van der Waals surface area contributed by atoms with Crippen molar-refractivity contribution in [1.29, 1.82) is 0 Å². The topological polar surface area (TPSA) is 117 Å². The second kappa shape index (κ2) is 11.8. The fraction of sp³-hybridized carbons (Fsp3) is 0.464. The van der Waals surface area contributed by atoms with Crippen molar-refractivity contribution in [3.05, 3.63) is 52.7 Å². The number of halogens is 5. The van der Waals surface area contributed by atoms with Gasteiger partial charge < -0.3 is 25.0 Å². The minimum absolute atomic E-state index is 0.0868. The predicted octanol–water partition coefficient (Wildman–Crippen LogP) is 3.14. The van der Waals surface area contributed by atoms with Crippen molar-refractivity contribution in [2.45, 2.75) is 19.4 Å². The molecule has 3 aromatic rings. The summed E-state index contributed by atoms with van der Waals surface area (Å²) in [4.78, 5) is 46.6. The molecule has 6 rings (SSSR count). The Morgan fingerprint density at radius 2 is 1.75 bits per heavy atom. The Kier molecular flexibility index (Phi) is 8.09. The van der Waals surface area contributed by atoms with Crippen LogP contribution in [0.3, 0.4) is 0 Å². The van der Waals surface area contributed by atoms with E-state index in [0.29, 0.717) is 38.0 Å². The minimum atomic E-state index is -3.04. The van der Waals surface area contributed by atoms with Crippen molar-refractivity contribution in [3.63, 3.8) is 0 Å². The van der Waals surface area contributed by atoms with Crippen LogP contribution in [-0.4, -0.2) is 92.5 Å². The maximum atomic E-state index is 13.6. The van der Waals surface area contributed by atoms with Crippen LogP contribution in [0.4, 0.5) is 23.2 Å². The van der Waals surface area contributed by atoms with Crippen LogP contribution < -0.4 is 10.6 Å². The van der Waals surface area contributed by atoms with Crippen LogP contribution in [0, 0.1) is 17.8 Å². The molecule has 0 unspecified atom stereocenters. The lowest BCUT2D eigenvalue weighted by Gasteiger charge is -2.35. The number of rotatable bonds is 8. The molecule has 234 valence electrons. The van der Waals surface area contributed by atoms with Crippen LogP contribution in [0.1, 0.15) is 33.1 Å². The maximum Gasteiger partial charge on any atom is 0.291 e. The summed E-state index contributed by atoms with van der Waals surface area (Å²) in [6.07, 6.45) is -3.58. The molecule has 0 bridgehead atoms. The molecular weight excluding hydrogens is 608 g/mol. The van der Waals surface area contributed by atoms with Gasteiger partial charge in [0.05, 0.1) is 22.5 Å². The lowest BCUT2D eigenvalue weighted by Crippen LogP contribution is -2.51. The fourth-order valence-electron chi connectivity index (χ4n) is 6.15. The first kappa shape index (κ1) is 30.1. The smallest absolute Gasteiger partial charge is 0.291 e. The Labute approximate surface area is 254 Å². The molecule has 3 aliphatic rings. The molecule has 2 aromatic heterocycles. The molecule has 1 saturated carbocycles. The zero-order valence-corrected chi connectivity index (χ0v) is 24.3. The number of benzene rings is 1. The van der Waals surface area contributed by atoms with E-state index < -0.39 is 31.0 Å². The summed E-state index contributed by atoms with van der Waals surface area (Å²) >= 11 is 6.43. The second-order valence-electron chi connectivity index (χ2n) is 11.1. The summed E-state index contributed by atoms with van der Waals surface area (Å²) < 4.78 is 54.7. The van der Waals surface area contributed by atoms with E-state index >= 15 is 0 Å². The van der Waals surface area contributed by atoms with E-state index in [4.69, 9.17) is 11.6 Å². The van der Waals surface area contributed by atoms with Crippen molar-refractivity contribution in [2.75, 3.05) is 44.6 Å². The first-order chi connectivity index (χ1) is 21.0. The van der Waals surface area contributed by atoms with Crippen LogP contribution in [0.2, 0.25) is 5.02 Å². The van der Waals surface area contributed by atoms with E-state index in [1.165, 1.54) is 36.0 Å². The van der Waals surface area contributed by atoms with E-state index in [9.17, 15) is 31.9 Å². The number of alkyl halides is 4. The molecule has 3 amide bonds. The largest absolute Gasteiger partial charge is 0.339 e. The summed E-state index contributed by atoms with van der Waals surface area (Å²) in [5.74, 6) is 0.0118. The lowest BCUT2D eigenvalue weighted by atomic mass is 10.1. The van der Waals surface area contributed by atoms with Gasteiger partial charge in [0.25, 0.3) is 24.7 Å². The lowest BCUT2D eigenvalue weighted by molar-refractivity contribution is -0.134. The number of anilines is 1. The van der Waals surface area contributed by atoms with Crippen LogP contribution in [-0.2, 0) is 18.4 Å². The number of aromatic nitrogens is 4. The molecule has 4 heterocycles. The molecule has 3 atom stereocenters. The van der Waals surface area contributed by atoms with E-state index in [1.54, 1.807) is 4.90 Å². The Bertz CT molecular complexity index is 1590. The number of piperidine rings is 1. The van der Waals surface area contributed by atoms with Gasteiger partial charge in [-0.05, 0) is 43.1 Å². The molecule has 0 spiro atoms. The van der Waals surface area contributed by atoms with Gasteiger partial charge in [0.15, 0.2) is 5.82 Å². The number of nitrogens with zero attached hydrogens (tertiary/aromatic N) is 6. The second-order valence-corrected chi connectivity index (χ2v) is 11.6. The monoisotopic (exact) mass is 636 g/mol. The molecule has 11 nitrogen and oxygen atoms in total. The van der Waals surface area contributed by atoms with Crippen molar-refractivity contribution in [2.24, 2.45) is 24.8 Å². The summed E-state index contributed by atoms with van der Waals surface area (Å²) in [5.41, 5.74) is -0.240. The summed E-state index contributed by atoms with van der Waals surface area (Å²) in [7, 11) is 1.42. The molecule has 44 heavy (non-hydrogen) atoms. The summed E-state index contributed by atoms with van der Waals surface area (Å²) in [5, 5.41) is 9.59. The Morgan fingerprint density at radius 3 is 2.39 bits per heavy atom. The zero-order chi connectivity index (χ0) is 31.3. The Hall–Kier alpha value is -3.98. The van der Waals surface area contributed by atoms with Gasteiger partial charge in [-0.2, -0.15) is 5.10 Å². The van der Waals surface area contributed by atoms with Crippen LogP contribution >= 0.6 is 11.6 Å². The predicted molar refractivity (Wildman–Crippen MR) is 151 cm³/mol. The Balaban J connectivity index is 1.09. The van der Waals surface area contributed by atoms with E-state index in [0.717, 1.165) is 24.0 Å². The van der Waals surface area contributed by atoms with E-state index in [2.05, 4.69) is 20.7 Å². The molecule has 2 aliphatic heterocycles. The SMILES string of the molecule is Cn1c(-c2cn(CC(F)F)nc2C(F)F)cnc1C(=O)Nc1ccc(C(=O)N2CCN(C(=O)[C@H]3[C@@H]4CNC[C@@H]43)CC2)c(Cl)c1. The van der Waals surface area contributed by atoms with E-state index in [-0.39, 0.29) is 51.1 Å². The number of piperazine rings is 1. The third-order valence-corrected chi connectivity index (χ3v) is 8.81. The van der Waals surface area contributed by atoms with Crippen LogP contribution in [0.25, 0.3) is 11.3 Å². The van der Waals surface area contributed by atoms with Crippen molar-refractivity contribution in [3.8, 4) is 11.3 Å². The third-order valence-electron chi connectivity index (χ3n) is 8.50. The van der Waals surface area contributed by atoms with Gasteiger partial charge in [0.2, 0.25) is 5.91 Å². The quantitative estimate of drug-likeness (QED) is 0.367. The number of fused-ring (bicyclic) bond motifs is 1. The first-order valence-electron chi connectivity index (χ1n) is 14.1. The molecule has 0 radical (unpaired) electrons. The summed E-state index contributed by atoms with van der Waals surface area (Å²) in [6.45, 7) is 2.59. The van der Waals surface area contributed by atoms with Crippen molar-refractivity contribution < 1.29 is 31.9 Å². The normalized spacial score (nSPS) is 21.2. The van der Waals surface area contributed by atoms with Gasteiger partial charge >= 0.3 is 0 Å². The third kappa shape index (κ3) is 5.65. The number of carbonyl (C=O) groups is 3. The minimum Gasteiger partial charge on any atom is -0.339 e. The number of imidazole rings is 1. The van der Waals surface area contributed by atoms with Gasteiger partial charge in [-0.3, -0.25) is 19.1 Å². The molecule has 2 saturated heterocycles. The summed E-state index contributed by atoms with van der Waals surface area (Å²) in [6, 6.07) is 4.41. The fourth-order valence-corrected chi connectivity index (χ4v) is 6.41. The van der Waals surface area contributed by atoms with Gasteiger partial charge in [-0.15, -0.1) is 0 Å². The van der Waals surface area contributed by atoms with Gasteiger partial charge in [0.1, 0.15) is 12.2 Å². The molecule has 3 fully saturated rings. The van der Waals surface area contributed by atoms with Crippen molar-refractivity contribution >= 4 is 35.0 Å². The number of nitrogens with one attached hydrogen (secondary N) is 2. The average Bonchev–Trinajstić information content (AvgIpc) is 3.35. The highest BCUT2D eigenvalue weighted by molar-refractivity contribution is 6.34. The molecular formula is C28H29ClF4N8O3. The molecule has 2 N–H and O–H groups in total. The standard InChI is InChI=1S/C28H29ClF4N8O3/c1-38-20(18-12-41(13-21(30)31)37-23(18)24(32)33)11-35-25(38)26(42)36-14-2-3-15(19(29)8-14)27(43)39-4-6-40(7-5-39)28(44)22-16-9-34-10-17(16)22/h2-3,8,11-12,16-17,21-22,24,34H,4-7,9-10,13H2,1H3,(H,36,42)/t16-,17+,22+. The van der Waals surface area contributed by atoms with Crippen molar-refractivity contribution in [1.82, 2.24) is 34.4 Å². The van der Waals surface area contributed by atoms with Gasteiger partial charge in [-0.1, -0.05) is 11.6 Å². The van der Waals surface area contributed by atoms with E-state index in [1.807, 2.05) is 4.90 Å². The van der Waals surface area contributed by atoms with Gasteiger partial charge in [0, 0.05) is 56.6 Å². The molecule has 1 aliphatic carbocycles. The Morgan fingerprint density at radius 1 is 1.07 bits per heavy atom. The maximum absolute atomic E-state index is 13.6. The highest BCUT2D eigenvalue weighted by Gasteiger charge is 2.58. The molecule has 16 heteroatoms. The average molecular weight is 637 g/mol. The number of carbonyl (C=O) groups excluding carboxylic acids is 3.